The molecule has 0 saturated heterocycles. The van der Waals surface area contributed by atoms with Gasteiger partial charge in [0.1, 0.15) is 0 Å². The van der Waals surface area contributed by atoms with Crippen LogP contribution in [0.5, 0.6) is 0 Å². The summed E-state index contributed by atoms with van der Waals surface area (Å²) in [5.74, 6) is -0.0297. The van der Waals surface area contributed by atoms with Gasteiger partial charge in [0.25, 0.3) is 0 Å². The van der Waals surface area contributed by atoms with E-state index in [4.69, 9.17) is 5.73 Å². The van der Waals surface area contributed by atoms with Gasteiger partial charge in [-0.25, -0.2) is 0 Å². The van der Waals surface area contributed by atoms with Gasteiger partial charge in [-0.2, -0.15) is 0 Å². The fourth-order valence-corrected chi connectivity index (χ4v) is 3.61. The Labute approximate surface area is 101 Å². The second-order valence-electron chi connectivity index (χ2n) is 2.50. The maximum atomic E-state index is 11.2. The Bertz CT molecular complexity index is 376. The minimum atomic E-state index is -0.0297. The van der Waals surface area contributed by atoms with Gasteiger partial charge in [-0.05, 0) is 60.8 Å². The predicted octanol–water partition coefficient (Wildman–Crippen LogP) is 3.76. The smallest absolute Gasteiger partial charge is 0.162 e. The van der Waals surface area contributed by atoms with Gasteiger partial charge in [0, 0.05) is 14.5 Å². The first kappa shape index (κ1) is 11.2. The van der Waals surface area contributed by atoms with Gasteiger partial charge in [-0.1, -0.05) is 0 Å². The van der Waals surface area contributed by atoms with E-state index >= 15 is 0 Å². The van der Waals surface area contributed by atoms with Crippen molar-refractivity contribution in [3.8, 4) is 0 Å². The predicted molar refractivity (Wildman–Crippen MR) is 64.0 cm³/mol. The highest BCUT2D eigenvalue weighted by molar-refractivity contribution is 9.11. The fraction of sp³-hybridized carbons (Fsp3) is 0.125. The van der Waals surface area contributed by atoms with Crippen molar-refractivity contribution in [2.75, 3.05) is 5.73 Å². The Morgan fingerprint density at radius 1 is 1.31 bits per heavy atom. The highest BCUT2D eigenvalue weighted by Crippen LogP contribution is 2.36. The van der Waals surface area contributed by atoms with Crippen LogP contribution >= 0.6 is 47.8 Å². The van der Waals surface area contributed by atoms with Crippen molar-refractivity contribution in [3.05, 3.63) is 25.0 Å². The lowest BCUT2D eigenvalue weighted by atomic mass is 10.1. The molecule has 0 radical (unpaired) electrons. The molecule has 2 N–H and O–H groups in total. The van der Waals surface area contributed by atoms with Crippen LogP contribution in [0.3, 0.4) is 0 Å². The lowest BCUT2D eigenvalue weighted by Gasteiger charge is -2.08. The van der Waals surface area contributed by atoms with Crippen molar-refractivity contribution in [1.29, 1.82) is 0 Å². The van der Waals surface area contributed by atoms with Crippen LogP contribution in [0.15, 0.2) is 19.5 Å². The Hall–Kier alpha value is 0.130. The van der Waals surface area contributed by atoms with Crippen molar-refractivity contribution in [3.63, 3.8) is 0 Å². The molecular weight excluding hydrogens is 366 g/mol. The Kier molecular flexibility index (Phi) is 3.54. The molecule has 0 heterocycles. The number of ketones is 1. The monoisotopic (exact) mass is 369 g/mol. The first-order chi connectivity index (χ1) is 5.95. The van der Waals surface area contributed by atoms with Crippen LogP contribution in [0.25, 0.3) is 0 Å². The summed E-state index contributed by atoms with van der Waals surface area (Å²) in [5.41, 5.74) is 6.83. The van der Waals surface area contributed by atoms with E-state index in [-0.39, 0.29) is 5.78 Å². The fourth-order valence-electron chi connectivity index (χ4n) is 0.928. The topological polar surface area (TPSA) is 43.1 Å². The van der Waals surface area contributed by atoms with Gasteiger partial charge in [-0.3, -0.25) is 4.79 Å². The molecule has 0 aliphatic rings. The molecule has 0 fully saturated rings. The number of benzene rings is 1. The highest BCUT2D eigenvalue weighted by atomic mass is 79.9. The number of rotatable bonds is 1. The summed E-state index contributed by atoms with van der Waals surface area (Å²) in [6.07, 6.45) is 0. The SMILES string of the molecule is CC(=O)c1c(Br)cc(Br)c(N)c1Br. The largest absolute Gasteiger partial charge is 0.397 e. The van der Waals surface area contributed by atoms with E-state index in [0.29, 0.717) is 15.7 Å². The summed E-state index contributed by atoms with van der Waals surface area (Å²) in [7, 11) is 0. The Morgan fingerprint density at radius 2 is 1.85 bits per heavy atom. The van der Waals surface area contributed by atoms with Gasteiger partial charge >= 0.3 is 0 Å². The van der Waals surface area contributed by atoms with Gasteiger partial charge < -0.3 is 5.73 Å². The number of halogens is 3. The van der Waals surface area contributed by atoms with E-state index < -0.39 is 0 Å². The molecule has 1 aromatic carbocycles. The van der Waals surface area contributed by atoms with Crippen LogP contribution in [0.4, 0.5) is 5.69 Å². The maximum Gasteiger partial charge on any atom is 0.162 e. The highest BCUT2D eigenvalue weighted by Gasteiger charge is 2.14. The molecule has 1 aromatic rings. The molecule has 70 valence electrons. The van der Waals surface area contributed by atoms with E-state index in [1.54, 1.807) is 6.07 Å². The average Bonchev–Trinajstić information content (AvgIpc) is 1.99. The van der Waals surface area contributed by atoms with E-state index in [1.165, 1.54) is 6.92 Å². The molecule has 5 heteroatoms. The van der Waals surface area contributed by atoms with Crippen molar-refractivity contribution >= 4 is 59.3 Å². The molecular formula is C8H6Br3NO. The Balaban J connectivity index is 3.53. The van der Waals surface area contributed by atoms with Crippen molar-refractivity contribution < 1.29 is 4.79 Å². The summed E-state index contributed by atoms with van der Waals surface area (Å²) >= 11 is 9.86. The second-order valence-corrected chi connectivity index (χ2v) is 5.00. The molecule has 0 saturated carbocycles. The molecule has 0 spiro atoms. The van der Waals surface area contributed by atoms with E-state index in [1.807, 2.05) is 0 Å². The second kappa shape index (κ2) is 4.11. The van der Waals surface area contributed by atoms with Gasteiger partial charge in [0.2, 0.25) is 0 Å². The van der Waals surface area contributed by atoms with Crippen LogP contribution in [-0.2, 0) is 0 Å². The van der Waals surface area contributed by atoms with Gasteiger partial charge in [-0.15, -0.1) is 0 Å². The number of hydrogen-bond donors (Lipinski definition) is 1. The van der Waals surface area contributed by atoms with E-state index in [2.05, 4.69) is 47.8 Å². The molecule has 13 heavy (non-hydrogen) atoms. The summed E-state index contributed by atoms with van der Waals surface area (Å²) < 4.78 is 2.12. The summed E-state index contributed by atoms with van der Waals surface area (Å²) in [6, 6.07) is 1.76. The van der Waals surface area contributed by atoms with Crippen molar-refractivity contribution in [2.45, 2.75) is 6.92 Å². The number of Topliss-reactive ketones (excluding diaryl/α,β-unsaturated/α-hetero) is 1. The number of carbonyl (C=O) groups is 1. The van der Waals surface area contributed by atoms with E-state index in [9.17, 15) is 4.79 Å². The number of anilines is 1. The first-order valence-electron chi connectivity index (χ1n) is 3.39. The lowest BCUT2D eigenvalue weighted by Crippen LogP contribution is -2.00. The molecule has 0 amide bonds. The lowest BCUT2D eigenvalue weighted by molar-refractivity contribution is 0.101. The third-order valence-corrected chi connectivity index (χ3v) is 3.66. The zero-order valence-electron chi connectivity index (χ0n) is 6.70. The van der Waals surface area contributed by atoms with Crippen LogP contribution < -0.4 is 5.73 Å². The normalized spacial score (nSPS) is 10.2. The number of nitrogen functional groups attached to an aromatic ring is 1. The zero-order valence-corrected chi connectivity index (χ0v) is 11.5. The first-order valence-corrected chi connectivity index (χ1v) is 5.77. The molecule has 0 aliphatic heterocycles. The van der Waals surface area contributed by atoms with Crippen LogP contribution in [0.1, 0.15) is 17.3 Å². The number of carbonyl (C=O) groups excluding carboxylic acids is 1. The molecule has 0 unspecified atom stereocenters. The standard InChI is InChI=1S/C8H6Br3NO/c1-3(13)6-4(9)2-5(10)8(12)7(6)11/h2H,12H2,1H3. The summed E-state index contributed by atoms with van der Waals surface area (Å²) in [5, 5.41) is 0. The summed E-state index contributed by atoms with van der Waals surface area (Å²) in [6.45, 7) is 1.50. The number of hydrogen-bond acceptors (Lipinski definition) is 2. The van der Waals surface area contributed by atoms with Crippen LogP contribution in [0, 0.1) is 0 Å². The molecule has 0 aliphatic carbocycles. The molecule has 2 nitrogen and oxygen atoms in total. The molecule has 0 aromatic heterocycles. The zero-order chi connectivity index (χ0) is 10.2. The average molecular weight is 372 g/mol. The third-order valence-electron chi connectivity index (χ3n) is 1.56. The quantitative estimate of drug-likeness (QED) is 0.603. The number of nitrogens with two attached hydrogens (primary N) is 1. The van der Waals surface area contributed by atoms with Crippen LogP contribution in [0.2, 0.25) is 0 Å². The minimum Gasteiger partial charge on any atom is -0.397 e. The molecule has 1 rings (SSSR count). The van der Waals surface area contributed by atoms with E-state index in [0.717, 1.165) is 8.95 Å². The minimum absolute atomic E-state index is 0.0297. The van der Waals surface area contributed by atoms with Crippen LogP contribution in [-0.4, -0.2) is 5.78 Å². The van der Waals surface area contributed by atoms with Crippen molar-refractivity contribution in [1.82, 2.24) is 0 Å². The van der Waals surface area contributed by atoms with Gasteiger partial charge in [0.15, 0.2) is 5.78 Å². The molecule has 0 atom stereocenters. The van der Waals surface area contributed by atoms with Gasteiger partial charge in [0.05, 0.1) is 10.2 Å². The maximum absolute atomic E-state index is 11.2. The summed E-state index contributed by atoms with van der Waals surface area (Å²) in [4.78, 5) is 11.2. The molecule has 0 bridgehead atoms. The van der Waals surface area contributed by atoms with Crippen molar-refractivity contribution in [2.24, 2.45) is 0 Å². The third kappa shape index (κ3) is 2.14. The Morgan fingerprint density at radius 3 is 2.31 bits per heavy atom.